The van der Waals surface area contributed by atoms with E-state index in [1.807, 2.05) is 0 Å². The molecule has 0 saturated heterocycles. The van der Waals surface area contributed by atoms with Crippen molar-refractivity contribution in [3.05, 3.63) is 0 Å². The molecule has 13 nitrogen and oxygen atoms in total. The SMILES string of the molecule is CC(C)C[C@H](NC(=O)[C@H](CO)NC(=O)[C@@H](NC(=O)[C@@H](NC(=O)[C@@H](N)C(C)C)[C@@H](C)O)C(C)C)C(=O)O. The second-order valence-electron chi connectivity index (χ2n) is 10.00. The Hall–Kier alpha value is -2.77. The molecule has 0 aliphatic heterocycles. The van der Waals surface area contributed by atoms with Crippen LogP contribution in [0.5, 0.6) is 0 Å². The van der Waals surface area contributed by atoms with Crippen LogP contribution in [0.1, 0.15) is 54.9 Å². The summed E-state index contributed by atoms with van der Waals surface area (Å²) in [5.74, 6) is -5.23. The Balaban J connectivity index is 5.49. The zero-order valence-electron chi connectivity index (χ0n) is 22.1. The number of aliphatic hydroxyl groups is 2. The lowest BCUT2D eigenvalue weighted by Gasteiger charge is -2.28. The molecule has 9 N–H and O–H groups in total. The van der Waals surface area contributed by atoms with Crippen molar-refractivity contribution in [2.45, 2.75) is 91.2 Å². The molecule has 6 atom stereocenters. The maximum absolute atomic E-state index is 12.9. The van der Waals surface area contributed by atoms with E-state index in [0.29, 0.717) is 0 Å². The summed E-state index contributed by atoms with van der Waals surface area (Å²) in [6, 6.07) is -6.21. The minimum Gasteiger partial charge on any atom is -0.480 e. The first-order chi connectivity index (χ1) is 16.5. The van der Waals surface area contributed by atoms with E-state index in [1.54, 1.807) is 41.5 Å². The molecule has 0 bridgehead atoms. The number of hydrogen-bond acceptors (Lipinski definition) is 8. The molecule has 0 aromatic rings. The number of rotatable bonds is 15. The molecule has 0 fully saturated rings. The van der Waals surface area contributed by atoms with Crippen LogP contribution in [0.4, 0.5) is 0 Å². The van der Waals surface area contributed by atoms with Crippen LogP contribution < -0.4 is 27.0 Å². The topological polar surface area (TPSA) is 220 Å². The van der Waals surface area contributed by atoms with Crippen LogP contribution in [0, 0.1) is 17.8 Å². The molecular formula is C23H43N5O8. The number of carboxylic acid groups (broad SMARTS) is 1. The fraction of sp³-hybridized carbons (Fsp3) is 0.783. The third kappa shape index (κ3) is 10.9. The Kier molecular flexibility index (Phi) is 14.2. The number of carbonyl (C=O) groups excluding carboxylic acids is 4. The Labute approximate surface area is 211 Å². The highest BCUT2D eigenvalue weighted by Crippen LogP contribution is 2.08. The molecule has 0 unspecified atom stereocenters. The predicted molar refractivity (Wildman–Crippen MR) is 131 cm³/mol. The van der Waals surface area contributed by atoms with E-state index >= 15 is 0 Å². The van der Waals surface area contributed by atoms with E-state index < -0.39 is 78.4 Å². The molecule has 0 rings (SSSR count). The molecule has 208 valence electrons. The first-order valence-corrected chi connectivity index (χ1v) is 12.0. The number of nitrogens with one attached hydrogen (secondary N) is 4. The van der Waals surface area contributed by atoms with Crippen LogP contribution in [0.15, 0.2) is 0 Å². The van der Waals surface area contributed by atoms with Crippen LogP contribution in [-0.4, -0.2) is 87.8 Å². The molecule has 0 radical (unpaired) electrons. The summed E-state index contributed by atoms with van der Waals surface area (Å²) >= 11 is 0. The summed E-state index contributed by atoms with van der Waals surface area (Å²) in [6.07, 6.45) is -1.17. The van der Waals surface area contributed by atoms with Gasteiger partial charge in [-0.2, -0.15) is 0 Å². The van der Waals surface area contributed by atoms with Gasteiger partial charge in [0.1, 0.15) is 24.2 Å². The van der Waals surface area contributed by atoms with Gasteiger partial charge >= 0.3 is 5.97 Å². The van der Waals surface area contributed by atoms with Crippen molar-refractivity contribution >= 4 is 29.6 Å². The number of nitrogens with two attached hydrogens (primary N) is 1. The number of amides is 4. The van der Waals surface area contributed by atoms with Gasteiger partial charge in [0.25, 0.3) is 0 Å². The molecule has 0 heterocycles. The van der Waals surface area contributed by atoms with Crippen molar-refractivity contribution in [2.24, 2.45) is 23.5 Å². The molecule has 4 amide bonds. The molecule has 0 spiro atoms. The first kappa shape index (κ1) is 33.2. The summed E-state index contributed by atoms with van der Waals surface area (Å²) in [6.45, 7) is 10.7. The van der Waals surface area contributed by atoms with Gasteiger partial charge in [0.05, 0.1) is 18.8 Å². The van der Waals surface area contributed by atoms with Gasteiger partial charge in [0.15, 0.2) is 0 Å². The zero-order chi connectivity index (χ0) is 28.3. The van der Waals surface area contributed by atoms with Gasteiger partial charge in [-0.1, -0.05) is 41.5 Å². The van der Waals surface area contributed by atoms with E-state index in [1.165, 1.54) is 6.92 Å². The average Bonchev–Trinajstić information content (AvgIpc) is 2.76. The molecular weight excluding hydrogens is 474 g/mol. The molecule has 0 aromatic carbocycles. The van der Waals surface area contributed by atoms with Gasteiger partial charge in [-0.3, -0.25) is 19.2 Å². The summed E-state index contributed by atoms with van der Waals surface area (Å²) in [5.41, 5.74) is 5.80. The van der Waals surface area contributed by atoms with Crippen molar-refractivity contribution in [2.75, 3.05) is 6.61 Å². The minimum atomic E-state index is -1.47. The smallest absolute Gasteiger partial charge is 0.326 e. The van der Waals surface area contributed by atoms with Crippen molar-refractivity contribution < 1.29 is 39.3 Å². The van der Waals surface area contributed by atoms with Gasteiger partial charge in [-0.15, -0.1) is 0 Å². The average molecular weight is 518 g/mol. The number of carboxylic acids is 1. The van der Waals surface area contributed by atoms with Crippen LogP contribution in [-0.2, 0) is 24.0 Å². The van der Waals surface area contributed by atoms with Gasteiger partial charge < -0.3 is 42.3 Å². The van der Waals surface area contributed by atoms with Gasteiger partial charge in [-0.05, 0) is 31.1 Å². The Morgan fingerprint density at radius 3 is 1.56 bits per heavy atom. The third-order valence-corrected chi connectivity index (χ3v) is 5.47. The number of aliphatic hydroxyl groups excluding tert-OH is 2. The highest BCUT2D eigenvalue weighted by atomic mass is 16.4. The van der Waals surface area contributed by atoms with Crippen LogP contribution in [0.3, 0.4) is 0 Å². The van der Waals surface area contributed by atoms with Crippen LogP contribution >= 0.6 is 0 Å². The summed E-state index contributed by atoms with van der Waals surface area (Å²) < 4.78 is 0. The molecule has 0 saturated carbocycles. The Bertz CT molecular complexity index is 772. The molecule has 13 heteroatoms. The van der Waals surface area contributed by atoms with Crippen molar-refractivity contribution in [3.63, 3.8) is 0 Å². The molecule has 0 aliphatic carbocycles. The number of carbonyl (C=O) groups is 5. The standard InChI is InChI=1S/C23H43N5O8/c1-10(2)8-14(23(35)36)25-19(31)15(9-29)26-21(33)17(12(5)6)27-22(34)18(13(7)30)28-20(32)16(24)11(3)4/h10-18,29-30H,8-9,24H2,1-7H3,(H,25,31)(H,26,33)(H,27,34)(H,28,32)(H,35,36)/t13-,14+,15+,16+,17+,18+/m1/s1. The maximum atomic E-state index is 12.9. The number of aliphatic carboxylic acids is 1. The highest BCUT2D eigenvalue weighted by molar-refractivity contribution is 5.95. The van der Waals surface area contributed by atoms with Crippen LogP contribution in [0.2, 0.25) is 0 Å². The quantitative estimate of drug-likeness (QED) is 0.121. The lowest BCUT2D eigenvalue weighted by molar-refractivity contribution is -0.143. The largest absolute Gasteiger partial charge is 0.480 e. The van der Waals surface area contributed by atoms with E-state index in [2.05, 4.69) is 21.3 Å². The van der Waals surface area contributed by atoms with Crippen molar-refractivity contribution in [3.8, 4) is 0 Å². The van der Waals surface area contributed by atoms with Crippen molar-refractivity contribution in [1.82, 2.24) is 21.3 Å². The van der Waals surface area contributed by atoms with Crippen LogP contribution in [0.25, 0.3) is 0 Å². The zero-order valence-corrected chi connectivity index (χ0v) is 22.1. The van der Waals surface area contributed by atoms with Gasteiger partial charge in [-0.25, -0.2) is 4.79 Å². The number of hydrogen-bond donors (Lipinski definition) is 8. The van der Waals surface area contributed by atoms with Gasteiger partial charge in [0, 0.05) is 0 Å². The lowest BCUT2D eigenvalue weighted by Crippen LogP contribution is -2.62. The van der Waals surface area contributed by atoms with E-state index in [0.717, 1.165) is 0 Å². The van der Waals surface area contributed by atoms with E-state index in [4.69, 9.17) is 5.73 Å². The predicted octanol–water partition coefficient (Wildman–Crippen LogP) is -1.93. The highest BCUT2D eigenvalue weighted by Gasteiger charge is 2.34. The van der Waals surface area contributed by atoms with E-state index in [9.17, 15) is 39.3 Å². The monoisotopic (exact) mass is 517 g/mol. The summed E-state index contributed by atoms with van der Waals surface area (Å²) in [5, 5.41) is 38.4. The minimum absolute atomic E-state index is 0.0356. The fourth-order valence-electron chi connectivity index (χ4n) is 3.16. The van der Waals surface area contributed by atoms with E-state index in [-0.39, 0.29) is 18.3 Å². The fourth-order valence-corrected chi connectivity index (χ4v) is 3.16. The van der Waals surface area contributed by atoms with Gasteiger partial charge in [0.2, 0.25) is 23.6 Å². The molecule has 0 aromatic heterocycles. The Morgan fingerprint density at radius 2 is 1.17 bits per heavy atom. The Morgan fingerprint density at radius 1 is 0.694 bits per heavy atom. The summed E-state index contributed by atoms with van der Waals surface area (Å²) in [4.78, 5) is 62.0. The maximum Gasteiger partial charge on any atom is 0.326 e. The van der Waals surface area contributed by atoms with Crippen molar-refractivity contribution in [1.29, 1.82) is 0 Å². The molecule has 0 aliphatic rings. The second kappa shape index (κ2) is 15.4. The molecule has 36 heavy (non-hydrogen) atoms. The lowest BCUT2D eigenvalue weighted by atomic mass is 10.0. The third-order valence-electron chi connectivity index (χ3n) is 5.47. The normalized spacial score (nSPS) is 16.5. The second-order valence-corrected chi connectivity index (χ2v) is 10.00. The first-order valence-electron chi connectivity index (χ1n) is 12.0. The summed E-state index contributed by atoms with van der Waals surface area (Å²) in [7, 11) is 0.